The molecule has 2 aliphatic rings. The normalized spacial score (nSPS) is 15.1. The minimum atomic E-state index is -0.141. The van der Waals surface area contributed by atoms with Gasteiger partial charge in [0, 0.05) is 18.4 Å². The molecule has 1 aliphatic heterocycles. The maximum absolute atomic E-state index is 11.9. The van der Waals surface area contributed by atoms with E-state index in [0.717, 1.165) is 47.7 Å². The predicted molar refractivity (Wildman–Crippen MR) is 84.5 cm³/mol. The summed E-state index contributed by atoms with van der Waals surface area (Å²) in [6.07, 6.45) is 4.34. The summed E-state index contributed by atoms with van der Waals surface area (Å²) < 4.78 is 5.56. The number of esters is 1. The average Bonchev–Trinajstić information content (AvgIpc) is 2.96. The number of unbranched alkanes of at least 4 members (excludes halogenated alkanes) is 2. The Hall–Kier alpha value is -0.860. The number of carbonyl (C=O) groups excluding carboxylic acids is 1. The van der Waals surface area contributed by atoms with E-state index >= 15 is 0 Å². The molecule has 4 nitrogen and oxygen atoms in total. The van der Waals surface area contributed by atoms with E-state index in [1.165, 1.54) is 4.91 Å². The van der Waals surface area contributed by atoms with Crippen molar-refractivity contribution >= 4 is 28.6 Å². The molecule has 3 rings (SSSR count). The second kappa shape index (κ2) is 7.61. The van der Waals surface area contributed by atoms with Crippen LogP contribution in [0.5, 0.6) is 5.75 Å². The SMILES string of the molecule is CCCCCC(=O)Oc1cccc2c1CC1=C2[N+]=C([NH3+])S1.[I-]. The quantitative estimate of drug-likeness (QED) is 0.285. The number of hydrogen-bond donors (Lipinski definition) is 1. The number of aliphatic imine (C=N–C) groups is 1. The molecule has 0 unspecified atom stereocenters. The smallest absolute Gasteiger partial charge is 0.471 e. The summed E-state index contributed by atoms with van der Waals surface area (Å²) in [5.41, 5.74) is 7.05. The van der Waals surface area contributed by atoms with Crippen molar-refractivity contribution in [3.8, 4) is 5.75 Å². The van der Waals surface area contributed by atoms with Gasteiger partial charge < -0.3 is 28.7 Å². The van der Waals surface area contributed by atoms with Gasteiger partial charge in [0.15, 0.2) is 0 Å². The van der Waals surface area contributed by atoms with Gasteiger partial charge in [-0.15, -0.1) is 0 Å². The van der Waals surface area contributed by atoms with Crippen LogP contribution >= 0.6 is 11.8 Å². The summed E-state index contributed by atoms with van der Waals surface area (Å²) in [6, 6.07) is 5.83. The molecule has 0 spiro atoms. The monoisotopic (exact) mass is 430 g/mol. The maximum atomic E-state index is 11.9. The molecule has 0 amide bonds. The highest BCUT2D eigenvalue weighted by atomic mass is 127. The van der Waals surface area contributed by atoms with E-state index in [2.05, 4.69) is 17.6 Å². The molecule has 1 aromatic rings. The second-order valence-electron chi connectivity index (χ2n) is 5.27. The van der Waals surface area contributed by atoms with Gasteiger partial charge in [-0.25, -0.2) is 0 Å². The standard InChI is InChI=1S/C16H18N2O2S.HI/c1-2-3-4-8-14(19)20-12-7-5-6-10-11(12)9-13-15(10)18-16(17)21-13;/h5-7H,2-4,8-9,17H2,1H3;1H/q+1;. The average molecular weight is 430 g/mol. The first-order chi connectivity index (χ1) is 10.2. The third-order valence-electron chi connectivity index (χ3n) is 3.68. The van der Waals surface area contributed by atoms with Crippen molar-refractivity contribution in [2.75, 3.05) is 0 Å². The Labute approximate surface area is 151 Å². The fourth-order valence-electron chi connectivity index (χ4n) is 2.65. The number of rotatable bonds is 5. The Bertz CT molecular complexity index is 656. The molecule has 1 heterocycles. The van der Waals surface area contributed by atoms with Gasteiger partial charge in [0.05, 0.1) is 22.2 Å². The minimum Gasteiger partial charge on any atom is -1.00 e. The summed E-state index contributed by atoms with van der Waals surface area (Å²) in [4.78, 5) is 17.6. The lowest BCUT2D eigenvalue weighted by Crippen LogP contribution is -3.00. The van der Waals surface area contributed by atoms with Gasteiger partial charge in [-0.3, -0.25) is 10.5 Å². The molecule has 6 heteroatoms. The van der Waals surface area contributed by atoms with E-state index in [-0.39, 0.29) is 29.9 Å². The molecule has 0 saturated carbocycles. The first-order valence-corrected chi connectivity index (χ1v) is 8.15. The Morgan fingerprint density at radius 2 is 2.23 bits per heavy atom. The van der Waals surface area contributed by atoms with Crippen LogP contribution in [0.4, 0.5) is 0 Å². The van der Waals surface area contributed by atoms with Crippen molar-refractivity contribution in [3.63, 3.8) is 0 Å². The summed E-state index contributed by atoms with van der Waals surface area (Å²) in [6.45, 7) is 2.12. The molecule has 0 fully saturated rings. The molecular formula is C16H19IN2O2S+. The summed E-state index contributed by atoms with van der Waals surface area (Å²) in [7, 11) is 0. The number of amidine groups is 1. The molecule has 1 aromatic carbocycles. The van der Waals surface area contributed by atoms with Crippen LogP contribution in [0.3, 0.4) is 0 Å². The highest BCUT2D eigenvalue weighted by molar-refractivity contribution is 8.17. The minimum absolute atomic E-state index is 0. The zero-order chi connectivity index (χ0) is 14.8. The van der Waals surface area contributed by atoms with Crippen LogP contribution in [0.25, 0.3) is 5.70 Å². The number of fused-ring (bicyclic) bond motifs is 2. The molecule has 22 heavy (non-hydrogen) atoms. The fourth-order valence-corrected chi connectivity index (χ4v) is 3.54. The lowest BCUT2D eigenvalue weighted by atomic mass is 10.1. The molecular weight excluding hydrogens is 411 g/mol. The molecule has 3 N–H and O–H groups in total. The topological polar surface area (TPSA) is 68.0 Å². The first kappa shape index (κ1) is 17.5. The number of thioether (sulfide) groups is 1. The Morgan fingerprint density at radius 1 is 1.41 bits per heavy atom. The number of hydrogen-bond acceptors (Lipinski definition) is 4. The van der Waals surface area contributed by atoms with E-state index in [0.29, 0.717) is 12.2 Å². The van der Waals surface area contributed by atoms with Crippen molar-refractivity contribution in [2.24, 2.45) is 0 Å². The van der Waals surface area contributed by atoms with Gasteiger partial charge in [-0.2, -0.15) is 0 Å². The van der Waals surface area contributed by atoms with E-state index < -0.39 is 0 Å². The van der Waals surface area contributed by atoms with E-state index in [9.17, 15) is 4.79 Å². The Kier molecular flexibility index (Phi) is 6.05. The van der Waals surface area contributed by atoms with Gasteiger partial charge >= 0.3 is 16.8 Å². The van der Waals surface area contributed by atoms with E-state index in [4.69, 9.17) is 4.74 Å². The number of allylic oxidation sites excluding steroid dienone is 1. The van der Waals surface area contributed by atoms with E-state index in [1.54, 1.807) is 11.8 Å². The number of carbonyl (C=O) groups is 1. The second-order valence-corrected chi connectivity index (χ2v) is 6.44. The summed E-state index contributed by atoms with van der Waals surface area (Å²) >= 11 is 1.62. The highest BCUT2D eigenvalue weighted by Crippen LogP contribution is 2.43. The molecule has 0 bridgehead atoms. The molecule has 0 aromatic heterocycles. The molecule has 0 atom stereocenters. The lowest BCUT2D eigenvalue weighted by Gasteiger charge is -2.08. The maximum Gasteiger partial charge on any atom is 0.471 e. The van der Waals surface area contributed by atoms with Crippen LogP contribution in [0, 0.1) is 0 Å². The van der Waals surface area contributed by atoms with Crippen LogP contribution in [0.2, 0.25) is 0 Å². The van der Waals surface area contributed by atoms with Gasteiger partial charge in [0.1, 0.15) is 10.7 Å². The zero-order valence-corrected chi connectivity index (χ0v) is 15.5. The Balaban J connectivity index is 0.00000176. The third-order valence-corrected chi connectivity index (χ3v) is 4.59. The van der Waals surface area contributed by atoms with Crippen LogP contribution in [-0.2, 0) is 11.2 Å². The fraction of sp³-hybridized carbons (Fsp3) is 0.375. The van der Waals surface area contributed by atoms with Gasteiger partial charge in [-0.1, -0.05) is 25.8 Å². The van der Waals surface area contributed by atoms with Gasteiger partial charge in [0.25, 0.3) is 0 Å². The molecule has 117 valence electrons. The number of nitrogens with zero attached hydrogens (tertiary/aromatic N) is 1. The van der Waals surface area contributed by atoms with Crippen LogP contribution < -0.4 is 39.4 Å². The van der Waals surface area contributed by atoms with Crippen molar-refractivity contribution in [3.05, 3.63) is 34.2 Å². The van der Waals surface area contributed by atoms with Crippen molar-refractivity contribution in [1.29, 1.82) is 0 Å². The van der Waals surface area contributed by atoms with Crippen LogP contribution in [-0.4, -0.2) is 11.1 Å². The van der Waals surface area contributed by atoms with Crippen molar-refractivity contribution < 1.29 is 39.2 Å². The zero-order valence-electron chi connectivity index (χ0n) is 12.5. The highest BCUT2D eigenvalue weighted by Gasteiger charge is 2.41. The summed E-state index contributed by atoms with van der Waals surface area (Å²) in [5.74, 6) is 0.544. The van der Waals surface area contributed by atoms with Crippen molar-refractivity contribution in [2.45, 2.75) is 39.0 Å². The largest absolute Gasteiger partial charge is 1.00 e. The van der Waals surface area contributed by atoms with Gasteiger partial charge in [-0.05, 0) is 18.6 Å². The molecule has 0 saturated heterocycles. The van der Waals surface area contributed by atoms with E-state index in [1.807, 2.05) is 18.2 Å². The predicted octanol–water partition coefficient (Wildman–Crippen LogP) is -0.918. The Morgan fingerprint density at radius 3 is 3.00 bits per heavy atom. The summed E-state index contributed by atoms with van der Waals surface area (Å²) in [5, 5.41) is 0.840. The van der Waals surface area contributed by atoms with Crippen LogP contribution in [0.15, 0.2) is 23.1 Å². The third kappa shape index (κ3) is 3.55. The van der Waals surface area contributed by atoms with Crippen molar-refractivity contribution in [1.82, 2.24) is 4.99 Å². The number of ether oxygens (including phenoxy) is 1. The van der Waals surface area contributed by atoms with Gasteiger partial charge in [0.2, 0.25) is 0 Å². The molecule has 1 radical (unpaired) electrons. The lowest BCUT2D eigenvalue weighted by molar-refractivity contribution is -0.206. The number of quaternary nitrogens is 1. The molecule has 1 aliphatic carbocycles. The first-order valence-electron chi connectivity index (χ1n) is 7.33. The number of halogens is 1. The van der Waals surface area contributed by atoms with Crippen LogP contribution in [0.1, 0.15) is 43.7 Å². The number of benzene rings is 1.